The minimum atomic E-state index is -4.43. The van der Waals surface area contributed by atoms with Crippen LogP contribution in [0.2, 0.25) is 0 Å². The van der Waals surface area contributed by atoms with Gasteiger partial charge in [-0.1, -0.05) is 12.2 Å². The van der Waals surface area contributed by atoms with E-state index in [1.807, 2.05) is 12.2 Å². The third kappa shape index (κ3) is 2.33. The zero-order valence-electron chi connectivity index (χ0n) is 7.96. The Labute approximate surface area is 85.1 Å². The van der Waals surface area contributed by atoms with E-state index in [0.717, 1.165) is 6.42 Å². The molecule has 3 atom stereocenters. The lowest BCUT2D eigenvalue weighted by atomic mass is 9.94. The van der Waals surface area contributed by atoms with E-state index < -0.39 is 18.8 Å². The minimum Gasteiger partial charge on any atom is -0.456 e. The standard InChI is InChI=1S/C10H11F3O2/c11-10(12,13)5-15-9(14)8-4-6-1-2-7(8)3-6/h1-2,6-8H,3-5H2/t6-,7+,8-/m1/s1. The van der Waals surface area contributed by atoms with Crippen molar-refractivity contribution in [3.63, 3.8) is 0 Å². The summed E-state index contributed by atoms with van der Waals surface area (Å²) < 4.78 is 39.6. The molecule has 5 heteroatoms. The number of halogens is 3. The van der Waals surface area contributed by atoms with E-state index in [1.54, 1.807) is 0 Å². The Bertz CT molecular complexity index is 296. The van der Waals surface area contributed by atoms with Crippen molar-refractivity contribution < 1.29 is 22.7 Å². The summed E-state index contributed by atoms with van der Waals surface area (Å²) in [5.74, 6) is -0.610. The molecule has 15 heavy (non-hydrogen) atoms. The van der Waals surface area contributed by atoms with Crippen LogP contribution in [0, 0.1) is 17.8 Å². The number of ether oxygens (including phenoxy) is 1. The van der Waals surface area contributed by atoms with Crippen LogP contribution in [-0.2, 0) is 9.53 Å². The molecule has 0 aromatic heterocycles. The number of carbonyl (C=O) groups is 1. The van der Waals surface area contributed by atoms with Crippen molar-refractivity contribution in [2.75, 3.05) is 6.61 Å². The van der Waals surface area contributed by atoms with E-state index in [4.69, 9.17) is 0 Å². The lowest BCUT2D eigenvalue weighted by Gasteiger charge is -2.17. The van der Waals surface area contributed by atoms with Crippen LogP contribution >= 0.6 is 0 Å². The van der Waals surface area contributed by atoms with Crippen LogP contribution in [0.5, 0.6) is 0 Å². The Morgan fingerprint density at radius 2 is 2.07 bits per heavy atom. The van der Waals surface area contributed by atoms with E-state index >= 15 is 0 Å². The van der Waals surface area contributed by atoms with Crippen LogP contribution in [0.15, 0.2) is 12.2 Å². The molecule has 0 aromatic rings. The first-order valence-electron chi connectivity index (χ1n) is 4.87. The molecule has 1 saturated carbocycles. The van der Waals surface area contributed by atoms with Gasteiger partial charge in [0.1, 0.15) is 0 Å². The Kier molecular flexibility index (Phi) is 2.48. The molecule has 2 aliphatic rings. The van der Waals surface area contributed by atoms with Crippen molar-refractivity contribution in [1.29, 1.82) is 0 Å². The number of esters is 1. The fourth-order valence-electron chi connectivity index (χ4n) is 2.31. The number of hydrogen-bond donors (Lipinski definition) is 0. The molecule has 2 nitrogen and oxygen atoms in total. The van der Waals surface area contributed by atoms with Gasteiger partial charge in [-0.05, 0) is 24.7 Å². The zero-order chi connectivity index (χ0) is 11.1. The van der Waals surface area contributed by atoms with Gasteiger partial charge in [-0.3, -0.25) is 4.79 Å². The normalized spacial score (nSPS) is 33.4. The van der Waals surface area contributed by atoms with Crippen LogP contribution in [0.25, 0.3) is 0 Å². The molecule has 2 aliphatic carbocycles. The van der Waals surface area contributed by atoms with Crippen molar-refractivity contribution >= 4 is 5.97 Å². The highest BCUT2D eigenvalue weighted by Gasteiger charge is 2.41. The fourth-order valence-corrected chi connectivity index (χ4v) is 2.31. The van der Waals surface area contributed by atoms with Gasteiger partial charge in [0, 0.05) is 0 Å². The summed E-state index contributed by atoms with van der Waals surface area (Å²) in [5.41, 5.74) is 0. The first kappa shape index (κ1) is 10.5. The monoisotopic (exact) mass is 220 g/mol. The molecule has 0 N–H and O–H groups in total. The highest BCUT2D eigenvalue weighted by molar-refractivity contribution is 5.74. The molecule has 0 saturated heterocycles. The maximum atomic E-state index is 11.8. The summed E-state index contributed by atoms with van der Waals surface area (Å²) in [6.07, 6.45) is 1.03. The van der Waals surface area contributed by atoms with Gasteiger partial charge >= 0.3 is 12.1 Å². The summed E-state index contributed by atoms with van der Waals surface area (Å²) >= 11 is 0. The lowest BCUT2D eigenvalue weighted by Crippen LogP contribution is -2.26. The van der Waals surface area contributed by atoms with Gasteiger partial charge in [0.25, 0.3) is 0 Å². The Hall–Kier alpha value is -1.00. The van der Waals surface area contributed by atoms with Gasteiger partial charge < -0.3 is 4.74 Å². The van der Waals surface area contributed by atoms with E-state index in [1.165, 1.54) is 0 Å². The number of allylic oxidation sites excluding steroid dienone is 2. The maximum absolute atomic E-state index is 11.8. The third-order valence-corrected chi connectivity index (χ3v) is 2.96. The van der Waals surface area contributed by atoms with Gasteiger partial charge in [-0.2, -0.15) is 13.2 Å². The van der Waals surface area contributed by atoms with Crippen molar-refractivity contribution in [2.24, 2.45) is 17.8 Å². The molecule has 0 amide bonds. The number of alkyl halides is 3. The SMILES string of the molecule is O=C(OCC(F)(F)F)[C@@H]1C[C@@H]2C=C[C@H]1C2. The van der Waals surface area contributed by atoms with Crippen molar-refractivity contribution in [3.8, 4) is 0 Å². The minimum absolute atomic E-state index is 0.0933. The maximum Gasteiger partial charge on any atom is 0.422 e. The number of fused-ring (bicyclic) bond motifs is 2. The van der Waals surface area contributed by atoms with Gasteiger partial charge in [-0.15, -0.1) is 0 Å². The molecular weight excluding hydrogens is 209 g/mol. The molecule has 0 heterocycles. The number of rotatable bonds is 2. The third-order valence-electron chi connectivity index (χ3n) is 2.96. The van der Waals surface area contributed by atoms with Crippen molar-refractivity contribution in [3.05, 3.63) is 12.2 Å². The van der Waals surface area contributed by atoms with E-state index in [-0.39, 0.29) is 11.8 Å². The van der Waals surface area contributed by atoms with Crippen LogP contribution in [-0.4, -0.2) is 18.8 Å². The van der Waals surface area contributed by atoms with Crippen molar-refractivity contribution in [1.82, 2.24) is 0 Å². The van der Waals surface area contributed by atoms with E-state index in [2.05, 4.69) is 4.74 Å². The Morgan fingerprint density at radius 1 is 1.33 bits per heavy atom. The first-order valence-corrected chi connectivity index (χ1v) is 4.87. The summed E-state index contributed by atoms with van der Waals surface area (Å²) in [6, 6.07) is 0. The van der Waals surface area contributed by atoms with E-state index in [9.17, 15) is 18.0 Å². The lowest BCUT2D eigenvalue weighted by molar-refractivity contribution is -0.189. The van der Waals surface area contributed by atoms with Crippen LogP contribution in [0.1, 0.15) is 12.8 Å². The Morgan fingerprint density at radius 3 is 2.53 bits per heavy atom. The van der Waals surface area contributed by atoms with Gasteiger partial charge in [0.2, 0.25) is 0 Å². The molecule has 1 fully saturated rings. The quantitative estimate of drug-likeness (QED) is 0.527. The van der Waals surface area contributed by atoms with Gasteiger partial charge in [-0.25, -0.2) is 0 Å². The summed E-state index contributed by atoms with van der Waals surface area (Å²) in [7, 11) is 0. The highest BCUT2D eigenvalue weighted by atomic mass is 19.4. The van der Waals surface area contributed by atoms with Crippen LogP contribution in [0.3, 0.4) is 0 Å². The second kappa shape index (κ2) is 3.54. The molecule has 0 aliphatic heterocycles. The molecule has 0 radical (unpaired) electrons. The first-order chi connectivity index (χ1) is 6.96. The second-order valence-electron chi connectivity index (χ2n) is 4.11. The molecular formula is C10H11F3O2. The molecule has 2 rings (SSSR count). The zero-order valence-corrected chi connectivity index (χ0v) is 7.96. The number of carbonyl (C=O) groups excluding carboxylic acids is 1. The van der Waals surface area contributed by atoms with Crippen LogP contribution < -0.4 is 0 Å². The topological polar surface area (TPSA) is 26.3 Å². The molecule has 0 spiro atoms. The molecule has 0 aromatic carbocycles. The smallest absolute Gasteiger partial charge is 0.422 e. The summed E-state index contributed by atoms with van der Waals surface area (Å²) in [5, 5.41) is 0. The Balaban J connectivity index is 1.85. The van der Waals surface area contributed by atoms with Gasteiger partial charge in [0.05, 0.1) is 5.92 Å². The molecule has 84 valence electrons. The second-order valence-corrected chi connectivity index (χ2v) is 4.11. The average molecular weight is 220 g/mol. The molecule has 2 bridgehead atoms. The molecule has 0 unspecified atom stereocenters. The van der Waals surface area contributed by atoms with Crippen molar-refractivity contribution in [2.45, 2.75) is 19.0 Å². The largest absolute Gasteiger partial charge is 0.456 e. The fraction of sp³-hybridized carbons (Fsp3) is 0.700. The van der Waals surface area contributed by atoms with Gasteiger partial charge in [0.15, 0.2) is 6.61 Å². The summed E-state index contributed by atoms with van der Waals surface area (Å²) in [4.78, 5) is 11.3. The number of hydrogen-bond acceptors (Lipinski definition) is 2. The predicted octanol–water partition coefficient (Wildman–Crippen LogP) is 2.30. The predicted molar refractivity (Wildman–Crippen MR) is 45.9 cm³/mol. The average Bonchev–Trinajstić information content (AvgIpc) is 2.73. The summed E-state index contributed by atoms with van der Waals surface area (Å²) in [6.45, 7) is -1.47. The van der Waals surface area contributed by atoms with E-state index in [0.29, 0.717) is 12.3 Å². The highest BCUT2D eigenvalue weighted by Crippen LogP contribution is 2.43. The van der Waals surface area contributed by atoms with Crippen LogP contribution in [0.4, 0.5) is 13.2 Å².